The van der Waals surface area contributed by atoms with Crippen LogP contribution in [0.2, 0.25) is 0 Å². The molecule has 13 nitrogen and oxygen atoms in total. The second-order valence-electron chi connectivity index (χ2n) is 8.84. The lowest BCUT2D eigenvalue weighted by Crippen LogP contribution is -2.51. The number of aryl methyl sites for hydroxylation is 1. The fourth-order valence-corrected chi connectivity index (χ4v) is 4.75. The second-order valence-corrected chi connectivity index (χ2v) is 8.84. The molecule has 0 radical (unpaired) electrons. The lowest BCUT2D eigenvalue weighted by molar-refractivity contribution is -0.126. The van der Waals surface area contributed by atoms with Crippen LogP contribution in [0.4, 0.5) is 5.82 Å². The van der Waals surface area contributed by atoms with Gasteiger partial charge >= 0.3 is 0 Å². The van der Waals surface area contributed by atoms with E-state index in [0.29, 0.717) is 65.7 Å². The zero-order chi connectivity index (χ0) is 26.4. The van der Waals surface area contributed by atoms with Gasteiger partial charge in [-0.25, -0.2) is 14.6 Å². The Morgan fingerprint density at radius 3 is 2.50 bits per heavy atom. The summed E-state index contributed by atoms with van der Waals surface area (Å²) in [5.74, 6) is 0.606. The van der Waals surface area contributed by atoms with Crippen molar-refractivity contribution in [1.82, 2.24) is 39.8 Å². The van der Waals surface area contributed by atoms with E-state index in [0.717, 1.165) is 5.39 Å². The van der Waals surface area contributed by atoms with Crippen molar-refractivity contribution in [2.24, 2.45) is 0 Å². The fourth-order valence-electron chi connectivity index (χ4n) is 4.75. The third-order valence-corrected chi connectivity index (χ3v) is 6.65. The molecule has 0 atom stereocenters. The number of aromatic amines is 1. The van der Waals surface area contributed by atoms with E-state index in [1.165, 1.54) is 35.4 Å². The minimum absolute atomic E-state index is 0.129. The third kappa shape index (κ3) is 3.75. The number of fused-ring (bicyclic) bond motifs is 2. The van der Waals surface area contributed by atoms with Crippen molar-refractivity contribution < 1.29 is 19.4 Å². The number of benzene rings is 1. The smallest absolute Gasteiger partial charge is 0.295 e. The molecule has 1 fully saturated rings. The summed E-state index contributed by atoms with van der Waals surface area (Å²) in [6.07, 6.45) is 4.51. The molecule has 0 bridgehead atoms. The summed E-state index contributed by atoms with van der Waals surface area (Å²) < 4.78 is 6.96. The van der Waals surface area contributed by atoms with E-state index in [2.05, 4.69) is 30.2 Å². The number of carbonyl (C=O) groups excluding carboxylic acids is 2. The molecule has 2 N–H and O–H groups in total. The molecule has 5 heterocycles. The molecular weight excluding hydrogens is 490 g/mol. The molecule has 1 aliphatic rings. The second kappa shape index (κ2) is 9.10. The van der Waals surface area contributed by atoms with Gasteiger partial charge in [0.15, 0.2) is 11.6 Å². The third-order valence-electron chi connectivity index (χ3n) is 6.65. The molecule has 1 aromatic carbocycles. The first-order valence-electron chi connectivity index (χ1n) is 11.9. The van der Waals surface area contributed by atoms with Gasteiger partial charge in [-0.15, -0.1) is 10.2 Å². The van der Waals surface area contributed by atoms with E-state index in [9.17, 15) is 14.7 Å². The van der Waals surface area contributed by atoms with Gasteiger partial charge in [-0.2, -0.15) is 5.10 Å². The maximum Gasteiger partial charge on any atom is 0.295 e. The Morgan fingerprint density at radius 2 is 1.79 bits per heavy atom. The molecule has 38 heavy (non-hydrogen) atoms. The number of carbonyl (C=O) groups is 2. The first-order valence-corrected chi connectivity index (χ1v) is 11.9. The van der Waals surface area contributed by atoms with Gasteiger partial charge in [-0.1, -0.05) is 18.2 Å². The molecule has 1 amide bonds. The van der Waals surface area contributed by atoms with Gasteiger partial charge in [0, 0.05) is 43.1 Å². The van der Waals surface area contributed by atoms with Crippen LogP contribution in [0, 0.1) is 6.92 Å². The molecule has 0 unspecified atom stereocenters. The predicted octanol–water partition coefficient (Wildman–Crippen LogP) is 1.64. The van der Waals surface area contributed by atoms with Crippen LogP contribution in [0.5, 0.6) is 11.6 Å². The summed E-state index contributed by atoms with van der Waals surface area (Å²) >= 11 is 0. The molecule has 0 spiro atoms. The molecule has 192 valence electrons. The van der Waals surface area contributed by atoms with E-state index < -0.39 is 11.7 Å². The number of nitrogens with zero attached hydrogens (tertiary/aromatic N) is 8. The van der Waals surface area contributed by atoms with Gasteiger partial charge in [0.1, 0.15) is 17.9 Å². The molecule has 6 rings (SSSR count). The quantitative estimate of drug-likeness (QED) is 0.262. The fraction of sp³-hybridized carbons (Fsp3) is 0.240. The van der Waals surface area contributed by atoms with Crippen LogP contribution in [0.25, 0.3) is 27.5 Å². The standard InChI is InChI=1S/C25H23N9O4/c1-14-28-13-34(31-14)23-20-19(18(38-2)12-27-23)17(11-26-20)21(35)25(37)33-9-7-32(8-10-33)22-15-5-3-4-6-16(15)24(36)30-29-22/h3-6,11-13,26H,7-10H2,1-2H3,(H,30,36). The molecule has 4 aromatic heterocycles. The lowest BCUT2D eigenvalue weighted by Gasteiger charge is -2.35. The summed E-state index contributed by atoms with van der Waals surface area (Å²) in [5.41, 5.74) is 0.702. The molecule has 0 saturated carbocycles. The number of nitrogens with one attached hydrogen (secondary N) is 1. The average molecular weight is 514 g/mol. The van der Waals surface area contributed by atoms with E-state index in [4.69, 9.17) is 4.74 Å². The number of Topliss-reactive ketones (excluding diaryl/α,β-unsaturated/α-hetero) is 1. The van der Waals surface area contributed by atoms with Gasteiger partial charge in [0.2, 0.25) is 5.88 Å². The van der Waals surface area contributed by atoms with Crippen molar-refractivity contribution in [3.63, 3.8) is 0 Å². The highest BCUT2D eigenvalue weighted by Crippen LogP contribution is 2.32. The summed E-state index contributed by atoms with van der Waals surface area (Å²) in [4.78, 5) is 41.8. The van der Waals surface area contributed by atoms with E-state index >= 15 is 0 Å². The van der Waals surface area contributed by atoms with E-state index in [1.54, 1.807) is 13.0 Å². The van der Waals surface area contributed by atoms with Crippen LogP contribution < -0.4 is 9.64 Å². The maximum atomic E-state index is 13.4. The van der Waals surface area contributed by atoms with Crippen molar-refractivity contribution in [2.45, 2.75) is 6.92 Å². The number of rotatable bonds is 5. The van der Waals surface area contributed by atoms with Crippen LogP contribution >= 0.6 is 0 Å². The van der Waals surface area contributed by atoms with E-state index in [-0.39, 0.29) is 11.4 Å². The van der Waals surface area contributed by atoms with Gasteiger partial charge in [-0.05, 0) is 13.0 Å². The Kier molecular flexibility index (Phi) is 5.59. The number of hydrogen-bond acceptors (Lipinski definition) is 10. The molecule has 13 heteroatoms. The number of aromatic nitrogens is 7. The Bertz CT molecular complexity index is 1700. The summed E-state index contributed by atoms with van der Waals surface area (Å²) in [5, 5.41) is 24.2. The van der Waals surface area contributed by atoms with Crippen LogP contribution in [0.3, 0.4) is 0 Å². The zero-order valence-electron chi connectivity index (χ0n) is 20.6. The predicted molar refractivity (Wildman–Crippen MR) is 137 cm³/mol. The Balaban J connectivity index is 1.25. The number of H-pyrrole nitrogens is 1. The van der Waals surface area contributed by atoms with Gasteiger partial charge in [0.25, 0.3) is 11.7 Å². The number of pyridine rings is 1. The summed E-state index contributed by atoms with van der Waals surface area (Å²) in [6.45, 7) is 3.33. The van der Waals surface area contributed by atoms with Crippen molar-refractivity contribution in [1.29, 1.82) is 0 Å². The molecule has 1 saturated heterocycles. The highest BCUT2D eigenvalue weighted by atomic mass is 16.5. The number of amides is 1. The summed E-state index contributed by atoms with van der Waals surface area (Å²) in [7, 11) is 1.48. The van der Waals surface area contributed by atoms with Gasteiger partial charge in [0.05, 0.1) is 29.8 Å². The maximum absolute atomic E-state index is 13.4. The normalized spacial score (nSPS) is 13.8. The number of ketones is 1. The Morgan fingerprint density at radius 1 is 1.03 bits per heavy atom. The van der Waals surface area contributed by atoms with Crippen molar-refractivity contribution in [3.05, 3.63) is 54.4 Å². The largest absolute Gasteiger partial charge is 0.494 e. The molecule has 0 aliphatic carbocycles. The molecule has 5 aromatic rings. The summed E-state index contributed by atoms with van der Waals surface area (Å²) in [6, 6.07) is 7.34. The van der Waals surface area contributed by atoms with Gasteiger partial charge < -0.3 is 24.6 Å². The first-order chi connectivity index (χ1) is 18.5. The number of hydrogen-bond donors (Lipinski definition) is 2. The SMILES string of the molecule is COc1cnc(-n2cnc(C)n2)c2[nH]cc(C(=O)C(=O)N3CCN(c4nnc(O)c5ccccc45)CC3)c12. The highest BCUT2D eigenvalue weighted by Gasteiger charge is 2.31. The Labute approximate surface area is 215 Å². The number of aromatic hydroxyl groups is 1. The van der Waals surface area contributed by atoms with Crippen LogP contribution in [-0.2, 0) is 4.79 Å². The van der Waals surface area contributed by atoms with Crippen molar-refractivity contribution >= 4 is 39.2 Å². The Hall–Kier alpha value is -5.07. The first kappa shape index (κ1) is 23.3. The minimum Gasteiger partial charge on any atom is -0.494 e. The van der Waals surface area contributed by atoms with Crippen molar-refractivity contribution in [2.75, 3.05) is 38.2 Å². The average Bonchev–Trinajstić information content (AvgIpc) is 3.59. The van der Waals surface area contributed by atoms with Crippen LogP contribution in [-0.4, -0.2) is 89.9 Å². The number of ether oxygens (including phenoxy) is 1. The number of anilines is 1. The van der Waals surface area contributed by atoms with Crippen LogP contribution in [0.15, 0.2) is 43.0 Å². The molecule has 1 aliphatic heterocycles. The van der Waals surface area contributed by atoms with Gasteiger partial charge in [-0.3, -0.25) is 9.59 Å². The number of methoxy groups -OCH3 is 1. The highest BCUT2D eigenvalue weighted by molar-refractivity contribution is 6.45. The lowest BCUT2D eigenvalue weighted by atomic mass is 10.1. The zero-order valence-corrected chi connectivity index (χ0v) is 20.6. The topological polar surface area (TPSA) is 155 Å². The monoisotopic (exact) mass is 513 g/mol. The molecular formula is C25H23N9O4. The minimum atomic E-state index is -0.648. The van der Waals surface area contributed by atoms with Crippen LogP contribution in [0.1, 0.15) is 16.2 Å². The number of piperazine rings is 1. The van der Waals surface area contributed by atoms with E-state index in [1.807, 2.05) is 23.1 Å². The van der Waals surface area contributed by atoms with Crippen molar-refractivity contribution in [3.8, 4) is 17.4 Å².